The lowest BCUT2D eigenvalue weighted by molar-refractivity contribution is 0.259. The lowest BCUT2D eigenvalue weighted by atomic mass is 9.94. The van der Waals surface area contributed by atoms with Crippen LogP contribution < -0.4 is 0 Å². The largest absolute Gasteiger partial charge is 0.396 e. The van der Waals surface area contributed by atoms with Gasteiger partial charge in [0.05, 0.1) is 6.20 Å². The Bertz CT molecular complexity index is 510. The van der Waals surface area contributed by atoms with E-state index >= 15 is 0 Å². The monoisotopic (exact) mass is 308 g/mol. The van der Waals surface area contributed by atoms with E-state index in [2.05, 4.69) is 33.2 Å². The van der Waals surface area contributed by atoms with Crippen molar-refractivity contribution in [3.05, 3.63) is 52.3 Å². The number of rotatable bonds is 5. The highest BCUT2D eigenvalue weighted by Crippen LogP contribution is 2.24. The Morgan fingerprint density at radius 1 is 1.44 bits per heavy atom. The van der Waals surface area contributed by atoms with Crippen molar-refractivity contribution < 1.29 is 5.11 Å². The smallest absolute Gasteiger partial charge is 0.0521 e. The van der Waals surface area contributed by atoms with Crippen LogP contribution in [-0.4, -0.2) is 21.5 Å². The maximum absolute atomic E-state index is 9.52. The quantitative estimate of drug-likeness (QED) is 0.922. The molecule has 1 unspecified atom stereocenters. The summed E-state index contributed by atoms with van der Waals surface area (Å²) in [5.74, 6) is 0.183. The highest BCUT2D eigenvalue weighted by Gasteiger charge is 2.11. The van der Waals surface area contributed by atoms with Gasteiger partial charge in [-0.05, 0) is 36.1 Å². The topological polar surface area (TPSA) is 38.0 Å². The van der Waals surface area contributed by atoms with Crippen molar-refractivity contribution in [2.45, 2.75) is 18.8 Å². The van der Waals surface area contributed by atoms with Gasteiger partial charge in [0.2, 0.25) is 0 Å². The van der Waals surface area contributed by atoms with E-state index in [0.29, 0.717) is 0 Å². The van der Waals surface area contributed by atoms with Crippen LogP contribution in [0.15, 0.2) is 41.1 Å². The van der Waals surface area contributed by atoms with Crippen LogP contribution in [0.5, 0.6) is 0 Å². The van der Waals surface area contributed by atoms with E-state index in [0.717, 1.165) is 17.3 Å². The highest BCUT2D eigenvalue weighted by molar-refractivity contribution is 9.10. The minimum Gasteiger partial charge on any atom is -0.396 e. The molecule has 1 aromatic carbocycles. The zero-order valence-electron chi connectivity index (χ0n) is 10.4. The second kappa shape index (κ2) is 6.16. The van der Waals surface area contributed by atoms with Crippen molar-refractivity contribution in [1.29, 1.82) is 0 Å². The van der Waals surface area contributed by atoms with Crippen LogP contribution in [0.1, 0.15) is 23.5 Å². The molecule has 0 aliphatic carbocycles. The fourth-order valence-corrected chi connectivity index (χ4v) is 2.48. The average Bonchev–Trinajstić information content (AvgIpc) is 2.76. The lowest BCUT2D eigenvalue weighted by Crippen LogP contribution is -2.05. The Kier molecular flexibility index (Phi) is 4.55. The second-order valence-electron chi connectivity index (χ2n) is 4.50. The number of benzene rings is 1. The second-order valence-corrected chi connectivity index (χ2v) is 5.41. The molecule has 4 heteroatoms. The molecule has 0 saturated heterocycles. The molecule has 0 aliphatic rings. The fourth-order valence-electron chi connectivity index (χ4n) is 2.07. The highest BCUT2D eigenvalue weighted by atomic mass is 79.9. The van der Waals surface area contributed by atoms with Gasteiger partial charge in [0.15, 0.2) is 0 Å². The SMILES string of the molecule is Cn1cc(CCC(CO)c2cccc(Br)c2)cn1. The summed E-state index contributed by atoms with van der Waals surface area (Å²) >= 11 is 3.46. The van der Waals surface area contributed by atoms with E-state index in [1.165, 1.54) is 11.1 Å². The Balaban J connectivity index is 2.01. The van der Waals surface area contributed by atoms with Crippen molar-refractivity contribution in [3.8, 4) is 0 Å². The van der Waals surface area contributed by atoms with Crippen molar-refractivity contribution >= 4 is 15.9 Å². The lowest BCUT2D eigenvalue weighted by Gasteiger charge is -2.14. The summed E-state index contributed by atoms with van der Waals surface area (Å²) in [7, 11) is 1.92. The van der Waals surface area contributed by atoms with Gasteiger partial charge in [0.1, 0.15) is 0 Å². The molecule has 1 aromatic heterocycles. The normalized spacial score (nSPS) is 12.6. The molecular formula is C14H17BrN2O. The van der Waals surface area contributed by atoms with Gasteiger partial charge in [-0.15, -0.1) is 0 Å². The first-order chi connectivity index (χ1) is 8.69. The molecule has 1 heterocycles. The molecule has 2 aromatic rings. The van der Waals surface area contributed by atoms with E-state index in [1.54, 1.807) is 0 Å². The van der Waals surface area contributed by atoms with E-state index in [1.807, 2.05) is 36.3 Å². The van der Waals surface area contributed by atoms with Gasteiger partial charge >= 0.3 is 0 Å². The number of nitrogens with zero attached hydrogens (tertiary/aromatic N) is 2. The van der Waals surface area contributed by atoms with Crippen LogP contribution in [-0.2, 0) is 13.5 Å². The standard InChI is InChI=1S/C14H17BrN2O/c1-17-9-11(8-16-17)5-6-13(10-18)12-3-2-4-14(15)7-12/h2-4,7-9,13,18H,5-6,10H2,1H3. The van der Waals surface area contributed by atoms with Crippen molar-refractivity contribution in [1.82, 2.24) is 9.78 Å². The Labute approximate surface area is 116 Å². The van der Waals surface area contributed by atoms with Crippen LogP contribution in [0.2, 0.25) is 0 Å². The van der Waals surface area contributed by atoms with E-state index < -0.39 is 0 Å². The number of aryl methyl sites for hydroxylation is 2. The first-order valence-corrected chi connectivity index (χ1v) is 6.82. The van der Waals surface area contributed by atoms with Crippen LogP contribution >= 0.6 is 15.9 Å². The summed E-state index contributed by atoms with van der Waals surface area (Å²) in [6, 6.07) is 8.14. The third-order valence-corrected chi connectivity index (χ3v) is 3.57. The summed E-state index contributed by atoms with van der Waals surface area (Å²) < 4.78 is 2.86. The Morgan fingerprint density at radius 3 is 2.89 bits per heavy atom. The zero-order chi connectivity index (χ0) is 13.0. The van der Waals surface area contributed by atoms with Crippen LogP contribution in [0.4, 0.5) is 0 Å². The summed E-state index contributed by atoms with van der Waals surface area (Å²) in [6.07, 6.45) is 5.77. The molecule has 0 amide bonds. The van der Waals surface area contributed by atoms with Gasteiger partial charge < -0.3 is 5.11 Å². The molecule has 1 N–H and O–H groups in total. The van der Waals surface area contributed by atoms with Gasteiger partial charge in [-0.25, -0.2) is 0 Å². The minimum absolute atomic E-state index is 0.177. The number of aliphatic hydroxyl groups excluding tert-OH is 1. The van der Waals surface area contributed by atoms with Crippen molar-refractivity contribution in [2.24, 2.45) is 7.05 Å². The molecule has 2 rings (SSSR count). The molecule has 0 aliphatic heterocycles. The number of hydrogen-bond acceptors (Lipinski definition) is 2. The molecule has 0 saturated carbocycles. The molecule has 0 radical (unpaired) electrons. The van der Waals surface area contributed by atoms with Gasteiger partial charge in [0.25, 0.3) is 0 Å². The first-order valence-electron chi connectivity index (χ1n) is 6.03. The van der Waals surface area contributed by atoms with E-state index in [-0.39, 0.29) is 12.5 Å². The van der Waals surface area contributed by atoms with Crippen molar-refractivity contribution in [3.63, 3.8) is 0 Å². The maximum atomic E-state index is 9.52. The maximum Gasteiger partial charge on any atom is 0.0521 e. The molecule has 0 bridgehead atoms. The van der Waals surface area contributed by atoms with Crippen LogP contribution in [0.25, 0.3) is 0 Å². The number of hydrogen-bond donors (Lipinski definition) is 1. The number of aliphatic hydroxyl groups is 1. The molecular weight excluding hydrogens is 292 g/mol. The third kappa shape index (κ3) is 3.43. The molecule has 18 heavy (non-hydrogen) atoms. The van der Waals surface area contributed by atoms with E-state index in [4.69, 9.17) is 0 Å². The van der Waals surface area contributed by atoms with Gasteiger partial charge in [-0.1, -0.05) is 28.1 Å². The molecule has 0 fully saturated rings. The van der Waals surface area contributed by atoms with Crippen LogP contribution in [0.3, 0.4) is 0 Å². The fraction of sp³-hybridized carbons (Fsp3) is 0.357. The Hall–Kier alpha value is -1.13. The first kappa shape index (κ1) is 13.3. The Morgan fingerprint density at radius 2 is 2.28 bits per heavy atom. The van der Waals surface area contributed by atoms with Crippen molar-refractivity contribution in [2.75, 3.05) is 6.61 Å². The van der Waals surface area contributed by atoms with Gasteiger partial charge in [-0.2, -0.15) is 5.10 Å². The van der Waals surface area contributed by atoms with E-state index in [9.17, 15) is 5.11 Å². The average molecular weight is 309 g/mol. The molecule has 3 nitrogen and oxygen atoms in total. The van der Waals surface area contributed by atoms with Gasteiger partial charge in [-0.3, -0.25) is 4.68 Å². The third-order valence-electron chi connectivity index (χ3n) is 3.08. The predicted molar refractivity (Wildman–Crippen MR) is 75.5 cm³/mol. The number of halogens is 1. The minimum atomic E-state index is 0.177. The zero-order valence-corrected chi connectivity index (χ0v) is 12.0. The summed E-state index contributed by atoms with van der Waals surface area (Å²) in [6.45, 7) is 0.177. The summed E-state index contributed by atoms with van der Waals surface area (Å²) in [4.78, 5) is 0. The predicted octanol–water partition coefficient (Wildman–Crippen LogP) is 2.89. The summed E-state index contributed by atoms with van der Waals surface area (Å²) in [5.41, 5.74) is 2.39. The number of aromatic nitrogens is 2. The molecule has 1 atom stereocenters. The summed E-state index contributed by atoms with van der Waals surface area (Å²) in [5, 5.41) is 13.7. The molecule has 96 valence electrons. The molecule has 0 spiro atoms. The van der Waals surface area contributed by atoms with Crippen LogP contribution in [0, 0.1) is 0 Å². The van der Waals surface area contributed by atoms with Gasteiger partial charge in [0, 0.05) is 30.2 Å².